The van der Waals surface area contributed by atoms with Gasteiger partial charge in [-0.3, -0.25) is 0 Å². The number of pyridine rings is 1. The minimum Gasteiger partial charge on any atom is -0.396 e. The van der Waals surface area contributed by atoms with Crippen LogP contribution in [0.4, 0.5) is 10.1 Å². The largest absolute Gasteiger partial charge is 0.396 e. The first-order valence-corrected chi connectivity index (χ1v) is 7.57. The van der Waals surface area contributed by atoms with Gasteiger partial charge in [-0.25, -0.2) is 9.37 Å². The zero-order valence-corrected chi connectivity index (χ0v) is 14.4. The van der Waals surface area contributed by atoms with Gasteiger partial charge in [0.1, 0.15) is 9.52 Å². The van der Waals surface area contributed by atoms with Crippen LogP contribution in [0.1, 0.15) is 26.3 Å². The Kier molecular flexibility index (Phi) is 4.25. The Morgan fingerprint density at radius 1 is 1.25 bits per heavy atom. The number of nitrogens with zero attached hydrogens (tertiary/aromatic N) is 1. The van der Waals surface area contributed by atoms with Crippen molar-refractivity contribution < 1.29 is 4.39 Å². The van der Waals surface area contributed by atoms with Gasteiger partial charge in [0, 0.05) is 5.56 Å². The number of hydrogen-bond donors (Lipinski definition) is 1. The Morgan fingerprint density at radius 3 is 2.45 bits per heavy atom. The van der Waals surface area contributed by atoms with Crippen LogP contribution in [-0.4, -0.2) is 4.98 Å². The molecule has 2 rings (SSSR count). The minimum absolute atomic E-state index is 0.104. The van der Waals surface area contributed by atoms with Crippen LogP contribution in [0, 0.1) is 9.52 Å². The molecule has 106 valence electrons. The summed E-state index contributed by atoms with van der Waals surface area (Å²) in [6.07, 6.45) is 0. The molecule has 0 atom stereocenters. The number of nitrogen functional groups attached to an aromatic ring is 1. The molecule has 1 aromatic heterocycles. The Bertz CT molecular complexity index is 666. The van der Waals surface area contributed by atoms with Crippen molar-refractivity contribution in [3.05, 3.63) is 44.4 Å². The lowest BCUT2D eigenvalue weighted by Gasteiger charge is -2.22. The third-order valence-electron chi connectivity index (χ3n) is 3.04. The molecule has 0 saturated carbocycles. The second kappa shape index (κ2) is 5.48. The van der Waals surface area contributed by atoms with E-state index in [4.69, 9.17) is 17.3 Å². The summed E-state index contributed by atoms with van der Waals surface area (Å²) in [6.45, 7) is 6.25. The molecule has 5 heteroatoms. The monoisotopic (exact) mass is 404 g/mol. The van der Waals surface area contributed by atoms with Crippen molar-refractivity contribution in [3.63, 3.8) is 0 Å². The topological polar surface area (TPSA) is 38.9 Å². The molecule has 2 N–H and O–H groups in total. The van der Waals surface area contributed by atoms with E-state index in [0.29, 0.717) is 16.9 Å². The van der Waals surface area contributed by atoms with Crippen LogP contribution in [-0.2, 0) is 5.41 Å². The SMILES string of the molecule is CC(C)(C)c1cc(-c2ccc(Cl)c(F)c2)nc(I)c1N. The summed E-state index contributed by atoms with van der Waals surface area (Å²) >= 11 is 7.81. The van der Waals surface area contributed by atoms with Gasteiger partial charge in [-0.1, -0.05) is 38.4 Å². The first kappa shape index (κ1) is 15.5. The zero-order chi connectivity index (χ0) is 15.1. The highest BCUT2D eigenvalue weighted by molar-refractivity contribution is 14.1. The maximum absolute atomic E-state index is 13.6. The van der Waals surface area contributed by atoms with E-state index in [1.54, 1.807) is 6.07 Å². The fourth-order valence-corrected chi connectivity index (χ4v) is 2.62. The first-order valence-electron chi connectivity index (χ1n) is 6.12. The number of benzene rings is 1. The fraction of sp³-hybridized carbons (Fsp3) is 0.267. The van der Waals surface area contributed by atoms with E-state index in [1.165, 1.54) is 12.1 Å². The molecule has 0 aliphatic heterocycles. The van der Waals surface area contributed by atoms with Crippen molar-refractivity contribution >= 4 is 39.9 Å². The molecule has 0 spiro atoms. The van der Waals surface area contributed by atoms with Crippen molar-refractivity contribution in [2.45, 2.75) is 26.2 Å². The van der Waals surface area contributed by atoms with Gasteiger partial charge in [0.15, 0.2) is 0 Å². The predicted molar refractivity (Wildman–Crippen MR) is 90.5 cm³/mol. The Labute approximate surface area is 136 Å². The summed E-state index contributed by atoms with van der Waals surface area (Å²) in [5.74, 6) is -0.449. The second-order valence-corrected chi connectivity index (χ2v) is 7.07. The smallest absolute Gasteiger partial charge is 0.142 e. The van der Waals surface area contributed by atoms with Crippen LogP contribution in [0.15, 0.2) is 24.3 Å². The van der Waals surface area contributed by atoms with Gasteiger partial charge in [0.05, 0.1) is 16.4 Å². The van der Waals surface area contributed by atoms with E-state index in [0.717, 1.165) is 9.26 Å². The van der Waals surface area contributed by atoms with Gasteiger partial charge in [0.2, 0.25) is 0 Å². The Morgan fingerprint density at radius 2 is 1.90 bits per heavy atom. The number of anilines is 1. The molecule has 0 radical (unpaired) electrons. The molecule has 1 heterocycles. The van der Waals surface area contributed by atoms with Gasteiger partial charge in [-0.15, -0.1) is 0 Å². The summed E-state index contributed by atoms with van der Waals surface area (Å²) < 4.78 is 14.3. The number of rotatable bonds is 1. The molecule has 0 fully saturated rings. The third kappa shape index (κ3) is 3.06. The van der Waals surface area contributed by atoms with Gasteiger partial charge in [-0.05, 0) is 51.8 Å². The van der Waals surface area contributed by atoms with Crippen LogP contribution in [0.3, 0.4) is 0 Å². The number of nitrogens with two attached hydrogens (primary N) is 1. The quantitative estimate of drug-likeness (QED) is 0.535. The lowest BCUT2D eigenvalue weighted by Crippen LogP contribution is -2.16. The van der Waals surface area contributed by atoms with E-state index in [2.05, 4.69) is 48.3 Å². The van der Waals surface area contributed by atoms with Crippen molar-refractivity contribution in [3.8, 4) is 11.3 Å². The van der Waals surface area contributed by atoms with Crippen LogP contribution in [0.25, 0.3) is 11.3 Å². The molecule has 0 bridgehead atoms. The molecule has 2 aromatic rings. The number of aromatic nitrogens is 1. The van der Waals surface area contributed by atoms with E-state index in [1.807, 2.05) is 6.07 Å². The molecule has 0 aliphatic carbocycles. The molecule has 2 nitrogen and oxygen atoms in total. The molecule has 0 saturated heterocycles. The molecule has 0 unspecified atom stereocenters. The summed E-state index contributed by atoms with van der Waals surface area (Å²) in [7, 11) is 0. The maximum Gasteiger partial charge on any atom is 0.142 e. The van der Waals surface area contributed by atoms with Crippen molar-refractivity contribution in [1.29, 1.82) is 0 Å². The van der Waals surface area contributed by atoms with Crippen molar-refractivity contribution in [2.75, 3.05) is 5.73 Å². The highest BCUT2D eigenvalue weighted by Gasteiger charge is 2.20. The maximum atomic E-state index is 13.6. The number of hydrogen-bond acceptors (Lipinski definition) is 2. The molecule has 1 aromatic carbocycles. The van der Waals surface area contributed by atoms with Crippen LogP contribution >= 0.6 is 34.2 Å². The molecular weight excluding hydrogens is 390 g/mol. The normalized spacial score (nSPS) is 11.7. The summed E-state index contributed by atoms with van der Waals surface area (Å²) in [4.78, 5) is 4.44. The second-order valence-electron chi connectivity index (χ2n) is 5.64. The molecule has 0 amide bonds. The van der Waals surface area contributed by atoms with E-state index >= 15 is 0 Å². The molecule has 0 aliphatic rings. The minimum atomic E-state index is -0.449. The Hall–Kier alpha value is -0.880. The van der Waals surface area contributed by atoms with Gasteiger partial charge in [-0.2, -0.15) is 0 Å². The third-order valence-corrected chi connectivity index (χ3v) is 4.16. The summed E-state index contributed by atoms with van der Waals surface area (Å²) in [6, 6.07) is 6.60. The lowest BCUT2D eigenvalue weighted by atomic mass is 9.85. The van der Waals surface area contributed by atoms with Crippen molar-refractivity contribution in [2.24, 2.45) is 0 Å². The van der Waals surface area contributed by atoms with Gasteiger partial charge >= 0.3 is 0 Å². The first-order chi connectivity index (χ1) is 9.20. The average molecular weight is 405 g/mol. The van der Waals surface area contributed by atoms with Crippen molar-refractivity contribution in [1.82, 2.24) is 4.98 Å². The van der Waals surface area contributed by atoms with Gasteiger partial charge < -0.3 is 5.73 Å². The average Bonchev–Trinajstić information content (AvgIpc) is 2.34. The number of halogens is 3. The van der Waals surface area contributed by atoms with Crippen LogP contribution in [0.5, 0.6) is 0 Å². The van der Waals surface area contributed by atoms with Crippen LogP contribution < -0.4 is 5.73 Å². The molecular formula is C15H15ClFIN2. The Balaban J connectivity index is 2.63. The van der Waals surface area contributed by atoms with Gasteiger partial charge in [0.25, 0.3) is 0 Å². The van der Waals surface area contributed by atoms with E-state index in [-0.39, 0.29) is 10.4 Å². The summed E-state index contributed by atoms with van der Waals surface area (Å²) in [5.41, 5.74) is 9.07. The predicted octanol–water partition coefficient (Wildman–Crippen LogP) is 5.03. The highest BCUT2D eigenvalue weighted by Crippen LogP contribution is 2.34. The van der Waals surface area contributed by atoms with E-state index < -0.39 is 5.82 Å². The lowest BCUT2D eigenvalue weighted by molar-refractivity contribution is 0.591. The zero-order valence-electron chi connectivity index (χ0n) is 11.5. The van der Waals surface area contributed by atoms with E-state index in [9.17, 15) is 4.39 Å². The van der Waals surface area contributed by atoms with Crippen LogP contribution in [0.2, 0.25) is 5.02 Å². The highest BCUT2D eigenvalue weighted by atomic mass is 127. The molecule has 20 heavy (non-hydrogen) atoms. The standard InChI is InChI=1S/C15H15ClFIN2/c1-15(2,3)9-7-12(20-14(18)13(9)19)8-4-5-10(16)11(17)6-8/h4-7H,19H2,1-3H3. The summed E-state index contributed by atoms with van der Waals surface area (Å²) in [5, 5.41) is 0.106. The fourth-order valence-electron chi connectivity index (χ4n) is 1.95.